The van der Waals surface area contributed by atoms with Crippen LogP contribution < -0.4 is 4.90 Å². The van der Waals surface area contributed by atoms with Crippen molar-refractivity contribution < 1.29 is 4.74 Å². The number of benzene rings is 1. The zero-order valence-corrected chi connectivity index (χ0v) is 14.2. The third-order valence-corrected chi connectivity index (χ3v) is 5.88. The Morgan fingerprint density at radius 1 is 1.18 bits per heavy atom. The molecule has 1 aromatic carbocycles. The normalized spacial score (nSPS) is 23.5. The van der Waals surface area contributed by atoms with Crippen LogP contribution >= 0.6 is 11.3 Å². The number of aryl methyl sites for hydroxylation is 2. The van der Waals surface area contributed by atoms with Gasteiger partial charge in [-0.25, -0.2) is 4.98 Å². The Labute approximate surface area is 135 Å². The molecule has 0 radical (unpaired) electrons. The highest BCUT2D eigenvalue weighted by molar-refractivity contribution is 7.22. The first-order chi connectivity index (χ1) is 10.7. The fourth-order valence-electron chi connectivity index (χ4n) is 3.65. The van der Waals surface area contributed by atoms with Gasteiger partial charge in [0, 0.05) is 32.2 Å². The number of nitrogens with zero attached hydrogens (tertiary/aromatic N) is 3. The maximum absolute atomic E-state index is 5.47. The number of thiazole rings is 1. The highest BCUT2D eigenvalue weighted by Crippen LogP contribution is 2.33. The Kier molecular flexibility index (Phi) is 3.80. The molecule has 118 valence electrons. The average Bonchev–Trinajstić information content (AvgIpc) is 3.14. The summed E-state index contributed by atoms with van der Waals surface area (Å²) in [5.74, 6) is 0. The zero-order chi connectivity index (χ0) is 15.1. The Morgan fingerprint density at radius 2 is 2.00 bits per heavy atom. The lowest BCUT2D eigenvalue weighted by Crippen LogP contribution is -2.44. The van der Waals surface area contributed by atoms with Crippen molar-refractivity contribution in [2.24, 2.45) is 0 Å². The quantitative estimate of drug-likeness (QED) is 0.851. The lowest BCUT2D eigenvalue weighted by atomic mass is 10.1. The van der Waals surface area contributed by atoms with Crippen LogP contribution in [0.25, 0.3) is 10.2 Å². The molecule has 0 spiro atoms. The largest absolute Gasteiger partial charge is 0.379 e. The van der Waals surface area contributed by atoms with E-state index in [1.165, 1.54) is 32.9 Å². The predicted molar refractivity (Wildman–Crippen MR) is 92.1 cm³/mol. The minimum absolute atomic E-state index is 0.666. The molecule has 4 rings (SSSR count). The van der Waals surface area contributed by atoms with E-state index >= 15 is 0 Å². The molecule has 0 saturated carbocycles. The summed E-state index contributed by atoms with van der Waals surface area (Å²) in [4.78, 5) is 9.98. The van der Waals surface area contributed by atoms with Gasteiger partial charge in [0.2, 0.25) is 0 Å². The monoisotopic (exact) mass is 317 g/mol. The third kappa shape index (κ3) is 2.62. The number of ether oxygens (including phenoxy) is 1. The third-order valence-electron chi connectivity index (χ3n) is 4.81. The van der Waals surface area contributed by atoms with Gasteiger partial charge < -0.3 is 9.64 Å². The molecule has 0 bridgehead atoms. The zero-order valence-electron chi connectivity index (χ0n) is 13.3. The maximum atomic E-state index is 5.47. The van der Waals surface area contributed by atoms with Crippen molar-refractivity contribution in [1.82, 2.24) is 9.88 Å². The van der Waals surface area contributed by atoms with Crippen LogP contribution in [0, 0.1) is 13.8 Å². The topological polar surface area (TPSA) is 28.6 Å². The van der Waals surface area contributed by atoms with Gasteiger partial charge in [-0.3, -0.25) is 4.90 Å². The molecular formula is C17H23N3OS. The minimum Gasteiger partial charge on any atom is -0.379 e. The van der Waals surface area contributed by atoms with Crippen molar-refractivity contribution in [1.29, 1.82) is 0 Å². The lowest BCUT2D eigenvalue weighted by Gasteiger charge is -2.32. The lowest BCUT2D eigenvalue weighted by molar-refractivity contribution is 0.0209. The van der Waals surface area contributed by atoms with Crippen molar-refractivity contribution in [3.8, 4) is 0 Å². The summed E-state index contributed by atoms with van der Waals surface area (Å²) in [5, 5.41) is 1.19. The Hall–Kier alpha value is -1.17. The molecule has 2 fully saturated rings. The standard InChI is InChI=1S/C17H23N3OS/c1-12-9-13(2)16-15(10-12)22-17(18-16)20-4-3-14(11-20)19-5-7-21-8-6-19/h9-10,14H,3-8,11H2,1-2H3. The van der Waals surface area contributed by atoms with Crippen LogP contribution in [-0.2, 0) is 4.74 Å². The molecule has 3 heterocycles. The van der Waals surface area contributed by atoms with Crippen LogP contribution in [0.5, 0.6) is 0 Å². The number of aromatic nitrogens is 1. The van der Waals surface area contributed by atoms with Crippen LogP contribution in [0.1, 0.15) is 17.5 Å². The average molecular weight is 317 g/mol. The molecule has 0 N–H and O–H groups in total. The SMILES string of the molecule is Cc1cc(C)c2nc(N3CCC(N4CCOCC4)C3)sc2c1. The van der Waals surface area contributed by atoms with E-state index in [9.17, 15) is 0 Å². The number of rotatable bonds is 2. The van der Waals surface area contributed by atoms with E-state index in [-0.39, 0.29) is 0 Å². The summed E-state index contributed by atoms with van der Waals surface area (Å²) in [5.41, 5.74) is 3.80. The highest BCUT2D eigenvalue weighted by atomic mass is 32.1. The van der Waals surface area contributed by atoms with Crippen LogP contribution in [0.4, 0.5) is 5.13 Å². The molecule has 5 heteroatoms. The molecular weight excluding hydrogens is 294 g/mol. The van der Waals surface area contributed by atoms with Gasteiger partial charge in [-0.15, -0.1) is 0 Å². The Balaban J connectivity index is 1.54. The van der Waals surface area contributed by atoms with E-state index in [2.05, 4.69) is 35.8 Å². The molecule has 1 atom stereocenters. The van der Waals surface area contributed by atoms with Gasteiger partial charge in [-0.2, -0.15) is 0 Å². The van der Waals surface area contributed by atoms with Crippen LogP contribution in [0.3, 0.4) is 0 Å². The first-order valence-corrected chi connectivity index (χ1v) is 8.97. The van der Waals surface area contributed by atoms with E-state index in [4.69, 9.17) is 9.72 Å². The summed E-state index contributed by atoms with van der Waals surface area (Å²) >= 11 is 1.84. The first kappa shape index (κ1) is 14.4. The van der Waals surface area contributed by atoms with Gasteiger partial charge in [0.25, 0.3) is 0 Å². The molecule has 2 aromatic rings. The minimum atomic E-state index is 0.666. The van der Waals surface area contributed by atoms with Crippen LogP contribution in [0.15, 0.2) is 12.1 Å². The molecule has 1 unspecified atom stereocenters. The Bertz CT molecular complexity index is 678. The van der Waals surface area contributed by atoms with E-state index in [1.54, 1.807) is 0 Å². The van der Waals surface area contributed by atoms with Gasteiger partial charge in [0.05, 0.1) is 23.4 Å². The van der Waals surface area contributed by atoms with E-state index in [0.29, 0.717) is 6.04 Å². The van der Waals surface area contributed by atoms with E-state index in [0.717, 1.165) is 39.4 Å². The molecule has 1 aromatic heterocycles. The summed E-state index contributed by atoms with van der Waals surface area (Å²) < 4.78 is 6.79. The maximum Gasteiger partial charge on any atom is 0.186 e. The summed E-state index contributed by atoms with van der Waals surface area (Å²) in [7, 11) is 0. The van der Waals surface area contributed by atoms with Crippen molar-refractivity contribution >= 4 is 26.7 Å². The van der Waals surface area contributed by atoms with Gasteiger partial charge in [-0.05, 0) is 37.5 Å². The second kappa shape index (κ2) is 5.80. The highest BCUT2D eigenvalue weighted by Gasteiger charge is 2.30. The van der Waals surface area contributed by atoms with E-state index in [1.807, 2.05) is 11.3 Å². The van der Waals surface area contributed by atoms with Crippen molar-refractivity contribution in [2.75, 3.05) is 44.3 Å². The fourth-order valence-corrected chi connectivity index (χ4v) is 4.83. The molecule has 0 amide bonds. The number of hydrogen-bond acceptors (Lipinski definition) is 5. The Morgan fingerprint density at radius 3 is 2.82 bits per heavy atom. The van der Waals surface area contributed by atoms with Crippen LogP contribution in [-0.4, -0.2) is 55.3 Å². The predicted octanol–water partition coefficient (Wildman–Crippen LogP) is 2.82. The number of hydrogen-bond donors (Lipinski definition) is 0. The summed E-state index contributed by atoms with van der Waals surface area (Å²) in [6.45, 7) is 10.5. The summed E-state index contributed by atoms with van der Waals surface area (Å²) in [6, 6.07) is 5.16. The van der Waals surface area contributed by atoms with Crippen molar-refractivity contribution in [3.05, 3.63) is 23.3 Å². The molecule has 2 aliphatic heterocycles. The molecule has 0 aliphatic carbocycles. The van der Waals surface area contributed by atoms with Crippen LogP contribution in [0.2, 0.25) is 0 Å². The summed E-state index contributed by atoms with van der Waals surface area (Å²) in [6.07, 6.45) is 1.24. The second-order valence-corrected chi connectivity index (χ2v) is 7.47. The van der Waals surface area contributed by atoms with Gasteiger partial charge in [0.15, 0.2) is 5.13 Å². The molecule has 2 saturated heterocycles. The van der Waals surface area contributed by atoms with Gasteiger partial charge in [0.1, 0.15) is 0 Å². The number of anilines is 1. The molecule has 2 aliphatic rings. The number of morpholine rings is 1. The van der Waals surface area contributed by atoms with E-state index < -0.39 is 0 Å². The van der Waals surface area contributed by atoms with Gasteiger partial charge >= 0.3 is 0 Å². The first-order valence-electron chi connectivity index (χ1n) is 8.15. The van der Waals surface area contributed by atoms with Crippen molar-refractivity contribution in [3.63, 3.8) is 0 Å². The number of fused-ring (bicyclic) bond motifs is 1. The molecule has 4 nitrogen and oxygen atoms in total. The fraction of sp³-hybridized carbons (Fsp3) is 0.588. The van der Waals surface area contributed by atoms with Gasteiger partial charge in [-0.1, -0.05) is 17.4 Å². The smallest absolute Gasteiger partial charge is 0.186 e. The second-order valence-electron chi connectivity index (χ2n) is 6.46. The molecule has 22 heavy (non-hydrogen) atoms. The van der Waals surface area contributed by atoms with Crippen molar-refractivity contribution in [2.45, 2.75) is 26.3 Å².